The summed E-state index contributed by atoms with van der Waals surface area (Å²) in [5.41, 5.74) is 2.10. The molecule has 174 valence electrons. The van der Waals surface area contributed by atoms with Crippen molar-refractivity contribution in [1.82, 2.24) is 15.0 Å². The van der Waals surface area contributed by atoms with Gasteiger partial charge in [0.2, 0.25) is 11.9 Å². The summed E-state index contributed by atoms with van der Waals surface area (Å²) in [4.78, 5) is 13.6. The Hall–Kier alpha value is -3.55. The van der Waals surface area contributed by atoms with Crippen molar-refractivity contribution < 1.29 is 14.2 Å². The zero-order valence-electron chi connectivity index (χ0n) is 19.2. The van der Waals surface area contributed by atoms with Crippen LogP contribution in [-0.2, 0) is 13.2 Å². The Kier molecular flexibility index (Phi) is 7.79. The topological polar surface area (TPSA) is 90.4 Å². The lowest BCUT2D eigenvalue weighted by atomic mass is 9.96. The molecule has 2 aromatic carbocycles. The first-order valence-electron chi connectivity index (χ1n) is 11.4. The Morgan fingerprint density at radius 2 is 1.36 bits per heavy atom. The highest BCUT2D eigenvalue weighted by molar-refractivity contribution is 5.38. The number of methoxy groups -OCH3 is 2. The zero-order valence-corrected chi connectivity index (χ0v) is 19.2. The Morgan fingerprint density at radius 1 is 0.758 bits per heavy atom. The molecule has 1 aliphatic carbocycles. The van der Waals surface area contributed by atoms with E-state index in [9.17, 15) is 0 Å². The zero-order chi connectivity index (χ0) is 22.9. The number of nitrogens with zero attached hydrogens (tertiary/aromatic N) is 3. The number of benzene rings is 2. The summed E-state index contributed by atoms with van der Waals surface area (Å²) in [7, 11) is 3.31. The second-order valence-corrected chi connectivity index (χ2v) is 8.08. The van der Waals surface area contributed by atoms with Crippen molar-refractivity contribution in [3.05, 3.63) is 59.7 Å². The minimum Gasteiger partial charge on any atom is -0.497 e. The minimum atomic E-state index is 0.288. The summed E-state index contributed by atoms with van der Waals surface area (Å²) in [5, 5.41) is 6.76. The monoisotopic (exact) mass is 449 g/mol. The van der Waals surface area contributed by atoms with E-state index < -0.39 is 0 Å². The van der Waals surface area contributed by atoms with Crippen LogP contribution in [0.4, 0.5) is 11.9 Å². The molecule has 33 heavy (non-hydrogen) atoms. The molecule has 0 amide bonds. The molecular weight excluding hydrogens is 418 g/mol. The summed E-state index contributed by atoms with van der Waals surface area (Å²) in [6, 6.07) is 16.3. The fourth-order valence-corrected chi connectivity index (χ4v) is 3.79. The molecule has 1 fully saturated rings. The summed E-state index contributed by atoms with van der Waals surface area (Å²) >= 11 is 0. The first kappa shape index (κ1) is 22.6. The molecule has 8 heteroatoms. The van der Waals surface area contributed by atoms with Gasteiger partial charge in [-0.15, -0.1) is 0 Å². The van der Waals surface area contributed by atoms with E-state index in [-0.39, 0.29) is 6.01 Å². The molecule has 0 bridgehead atoms. The maximum atomic E-state index is 5.92. The maximum absolute atomic E-state index is 5.92. The largest absolute Gasteiger partial charge is 0.497 e. The molecule has 0 atom stereocenters. The second-order valence-electron chi connectivity index (χ2n) is 8.08. The number of rotatable bonds is 10. The van der Waals surface area contributed by atoms with E-state index in [1.54, 1.807) is 14.2 Å². The fraction of sp³-hybridized carbons (Fsp3) is 0.400. The third-order valence-electron chi connectivity index (χ3n) is 5.69. The van der Waals surface area contributed by atoms with Gasteiger partial charge in [0, 0.05) is 12.6 Å². The van der Waals surface area contributed by atoms with Gasteiger partial charge in [-0.1, -0.05) is 43.5 Å². The van der Waals surface area contributed by atoms with Crippen LogP contribution >= 0.6 is 0 Å². The summed E-state index contributed by atoms with van der Waals surface area (Å²) in [6.45, 7) is 0.934. The van der Waals surface area contributed by atoms with E-state index >= 15 is 0 Å². The SMILES string of the molecule is COc1ccc(CNc2nc(NC3CCCCC3)nc(OCc3ccc(OC)cc3)n2)cc1. The number of aromatic nitrogens is 3. The molecule has 1 saturated carbocycles. The Labute approximate surface area is 194 Å². The van der Waals surface area contributed by atoms with E-state index in [0.717, 1.165) is 35.5 Å². The van der Waals surface area contributed by atoms with E-state index in [2.05, 4.69) is 25.6 Å². The third-order valence-corrected chi connectivity index (χ3v) is 5.69. The van der Waals surface area contributed by atoms with Gasteiger partial charge in [0.1, 0.15) is 18.1 Å². The standard InChI is InChI=1S/C25H31N5O3/c1-31-21-12-8-18(9-13-21)16-26-23-28-24(27-20-6-4-3-5-7-20)30-25(29-23)33-17-19-10-14-22(32-2)15-11-19/h8-15,20H,3-7,16-17H2,1-2H3,(H2,26,27,28,29,30). The van der Waals surface area contributed by atoms with Crippen molar-refractivity contribution in [2.45, 2.75) is 51.3 Å². The van der Waals surface area contributed by atoms with E-state index in [0.29, 0.717) is 31.1 Å². The Balaban J connectivity index is 1.46. The fourth-order valence-electron chi connectivity index (χ4n) is 3.79. The molecule has 3 aromatic rings. The molecule has 1 aliphatic rings. The van der Waals surface area contributed by atoms with Crippen molar-refractivity contribution in [2.75, 3.05) is 24.9 Å². The van der Waals surface area contributed by atoms with Gasteiger partial charge in [-0.25, -0.2) is 0 Å². The van der Waals surface area contributed by atoms with E-state index in [4.69, 9.17) is 14.2 Å². The van der Waals surface area contributed by atoms with Crippen LogP contribution in [0.3, 0.4) is 0 Å². The van der Waals surface area contributed by atoms with Crippen molar-refractivity contribution in [1.29, 1.82) is 0 Å². The Bertz CT molecular complexity index is 936. The molecule has 8 nitrogen and oxygen atoms in total. The van der Waals surface area contributed by atoms with Crippen molar-refractivity contribution in [3.8, 4) is 17.5 Å². The first-order chi connectivity index (χ1) is 16.2. The maximum Gasteiger partial charge on any atom is 0.323 e. The van der Waals surface area contributed by atoms with Gasteiger partial charge in [-0.05, 0) is 48.2 Å². The molecule has 2 N–H and O–H groups in total. The van der Waals surface area contributed by atoms with Gasteiger partial charge in [0.05, 0.1) is 14.2 Å². The van der Waals surface area contributed by atoms with Crippen molar-refractivity contribution >= 4 is 11.9 Å². The van der Waals surface area contributed by atoms with Crippen LogP contribution in [-0.4, -0.2) is 35.2 Å². The number of ether oxygens (including phenoxy) is 3. The van der Waals surface area contributed by atoms with Crippen LogP contribution in [0.1, 0.15) is 43.2 Å². The lowest BCUT2D eigenvalue weighted by Gasteiger charge is -2.23. The molecule has 1 aromatic heterocycles. The van der Waals surface area contributed by atoms with Gasteiger partial charge in [0.25, 0.3) is 0 Å². The first-order valence-corrected chi connectivity index (χ1v) is 11.4. The molecule has 1 heterocycles. The van der Waals surface area contributed by atoms with Crippen molar-refractivity contribution in [2.24, 2.45) is 0 Å². The lowest BCUT2D eigenvalue weighted by Crippen LogP contribution is -2.24. The highest BCUT2D eigenvalue weighted by Gasteiger charge is 2.16. The molecule has 0 saturated heterocycles. The van der Waals surface area contributed by atoms with E-state index in [1.165, 1.54) is 19.3 Å². The molecular formula is C25H31N5O3. The van der Waals surface area contributed by atoms with Crippen LogP contribution in [0.25, 0.3) is 0 Å². The lowest BCUT2D eigenvalue weighted by molar-refractivity contribution is 0.280. The second kappa shape index (κ2) is 11.4. The van der Waals surface area contributed by atoms with Crippen LogP contribution < -0.4 is 24.8 Å². The quantitative estimate of drug-likeness (QED) is 0.455. The normalized spacial score (nSPS) is 13.9. The minimum absolute atomic E-state index is 0.288. The molecule has 4 rings (SSSR count). The predicted octanol–water partition coefficient (Wildman–Crippen LogP) is 4.82. The van der Waals surface area contributed by atoms with Crippen LogP contribution in [0.2, 0.25) is 0 Å². The number of hydrogen-bond acceptors (Lipinski definition) is 8. The summed E-state index contributed by atoms with van der Waals surface area (Å²) in [6.07, 6.45) is 6.00. The average molecular weight is 450 g/mol. The predicted molar refractivity (Wildman–Crippen MR) is 128 cm³/mol. The molecule has 0 radical (unpaired) electrons. The van der Waals surface area contributed by atoms with Crippen LogP contribution in [0.5, 0.6) is 17.5 Å². The Morgan fingerprint density at radius 3 is 2.00 bits per heavy atom. The molecule has 0 unspecified atom stereocenters. The number of anilines is 2. The number of nitrogens with one attached hydrogen (secondary N) is 2. The van der Waals surface area contributed by atoms with E-state index in [1.807, 2.05) is 48.5 Å². The van der Waals surface area contributed by atoms with Crippen molar-refractivity contribution in [3.63, 3.8) is 0 Å². The smallest absolute Gasteiger partial charge is 0.323 e. The van der Waals surface area contributed by atoms with Crippen LogP contribution in [0.15, 0.2) is 48.5 Å². The van der Waals surface area contributed by atoms with Gasteiger partial charge in [-0.3, -0.25) is 0 Å². The highest BCUT2D eigenvalue weighted by atomic mass is 16.5. The average Bonchev–Trinajstić information content (AvgIpc) is 2.87. The summed E-state index contributed by atoms with van der Waals surface area (Å²) < 4.78 is 16.4. The van der Waals surface area contributed by atoms with Gasteiger partial charge in [-0.2, -0.15) is 15.0 Å². The highest BCUT2D eigenvalue weighted by Crippen LogP contribution is 2.22. The number of hydrogen-bond donors (Lipinski definition) is 2. The summed E-state index contributed by atoms with van der Waals surface area (Å²) in [5.74, 6) is 2.65. The van der Waals surface area contributed by atoms with Gasteiger partial charge in [0.15, 0.2) is 0 Å². The molecule has 0 spiro atoms. The van der Waals surface area contributed by atoms with Gasteiger partial charge < -0.3 is 24.8 Å². The molecule has 0 aliphatic heterocycles. The third kappa shape index (κ3) is 6.71. The van der Waals surface area contributed by atoms with Gasteiger partial charge >= 0.3 is 6.01 Å². The van der Waals surface area contributed by atoms with Crippen LogP contribution in [0, 0.1) is 0 Å².